The minimum absolute atomic E-state index is 0.539. The largest absolute Gasteiger partial charge is 0.325 e. The Morgan fingerprint density at radius 2 is 1.71 bits per heavy atom. The number of hydrogen-bond acceptors (Lipinski definition) is 3. The van der Waals surface area contributed by atoms with Gasteiger partial charge in [0.25, 0.3) is 0 Å². The molecule has 1 fully saturated rings. The number of piperidine rings is 1. The number of likely N-dealkylation sites (tertiary alicyclic amines) is 1. The molecule has 4 heteroatoms. The average Bonchev–Trinajstić information content (AvgIpc) is 3.18. The van der Waals surface area contributed by atoms with Crippen molar-refractivity contribution in [2.45, 2.75) is 38.8 Å². The maximum Gasteiger partial charge on any atom is 0.111 e. The first kappa shape index (κ1) is 20.2. The van der Waals surface area contributed by atoms with Crippen molar-refractivity contribution in [3.8, 4) is 0 Å². The fourth-order valence-corrected chi connectivity index (χ4v) is 4.99. The van der Waals surface area contributed by atoms with E-state index >= 15 is 0 Å². The van der Waals surface area contributed by atoms with E-state index in [1.165, 1.54) is 40.5 Å². The molecule has 2 heterocycles. The Balaban J connectivity index is 1.29. The molecule has 1 N–H and O–H groups in total. The van der Waals surface area contributed by atoms with Crippen LogP contribution in [0.15, 0.2) is 66.7 Å². The highest BCUT2D eigenvalue weighted by Gasteiger charge is 2.24. The van der Waals surface area contributed by atoms with Gasteiger partial charge in [-0.3, -0.25) is 4.90 Å². The van der Waals surface area contributed by atoms with Crippen molar-refractivity contribution >= 4 is 21.8 Å². The fraction of sp³-hybridized carbons (Fsp3) is 0.370. The van der Waals surface area contributed by atoms with Crippen LogP contribution in [0.1, 0.15) is 37.2 Å². The molecule has 3 aromatic carbocycles. The van der Waals surface area contributed by atoms with E-state index in [-0.39, 0.29) is 0 Å². The first-order chi connectivity index (χ1) is 15.3. The summed E-state index contributed by atoms with van der Waals surface area (Å²) in [6.07, 6.45) is 3.35. The van der Waals surface area contributed by atoms with Crippen molar-refractivity contribution in [2.75, 3.05) is 26.2 Å². The van der Waals surface area contributed by atoms with Gasteiger partial charge in [-0.25, -0.2) is 4.98 Å². The van der Waals surface area contributed by atoms with Crippen LogP contribution in [0.4, 0.5) is 0 Å². The van der Waals surface area contributed by atoms with Crippen molar-refractivity contribution in [2.24, 2.45) is 0 Å². The van der Waals surface area contributed by atoms with E-state index in [2.05, 4.69) is 88.4 Å². The minimum atomic E-state index is 0.539. The molecule has 4 nitrogen and oxygen atoms in total. The van der Waals surface area contributed by atoms with Gasteiger partial charge in [-0.05, 0) is 53.9 Å². The number of benzene rings is 3. The van der Waals surface area contributed by atoms with E-state index < -0.39 is 0 Å². The minimum Gasteiger partial charge on any atom is -0.325 e. The number of imidazole rings is 1. The third-order valence-electron chi connectivity index (χ3n) is 6.59. The zero-order chi connectivity index (χ0) is 21.0. The third-order valence-corrected chi connectivity index (χ3v) is 6.59. The Kier molecular flexibility index (Phi) is 6.01. The summed E-state index contributed by atoms with van der Waals surface area (Å²) in [6.45, 7) is 7.46. The van der Waals surface area contributed by atoms with Gasteiger partial charge in [0.1, 0.15) is 5.82 Å². The first-order valence-electron chi connectivity index (χ1n) is 11.7. The molecule has 0 bridgehead atoms. The van der Waals surface area contributed by atoms with Crippen molar-refractivity contribution in [1.29, 1.82) is 0 Å². The Morgan fingerprint density at radius 3 is 2.55 bits per heavy atom. The molecule has 0 amide bonds. The number of fused-ring (bicyclic) bond motifs is 2. The maximum absolute atomic E-state index is 4.98. The topological polar surface area (TPSA) is 33.1 Å². The zero-order valence-electron chi connectivity index (χ0n) is 18.4. The number of hydrogen-bond donors (Lipinski definition) is 1. The normalized spacial score (nSPS) is 15.8. The van der Waals surface area contributed by atoms with E-state index in [0.717, 1.165) is 44.7 Å². The number of likely N-dealkylation sites (N-methyl/N-ethyl adjacent to an activating group) is 1. The van der Waals surface area contributed by atoms with Crippen LogP contribution in [0.5, 0.6) is 0 Å². The molecule has 0 spiro atoms. The van der Waals surface area contributed by atoms with E-state index in [0.29, 0.717) is 6.04 Å². The number of rotatable bonds is 7. The van der Waals surface area contributed by atoms with Gasteiger partial charge in [-0.1, -0.05) is 55.5 Å². The average molecular weight is 413 g/mol. The molecule has 0 atom stereocenters. The zero-order valence-corrected chi connectivity index (χ0v) is 18.4. The summed E-state index contributed by atoms with van der Waals surface area (Å²) < 4.78 is 2.54. The van der Waals surface area contributed by atoms with Crippen molar-refractivity contribution in [3.63, 3.8) is 0 Å². The Hall–Kier alpha value is -2.69. The van der Waals surface area contributed by atoms with Crippen LogP contribution >= 0.6 is 0 Å². The van der Waals surface area contributed by atoms with Crippen LogP contribution in [-0.4, -0.2) is 40.6 Å². The van der Waals surface area contributed by atoms with Gasteiger partial charge >= 0.3 is 0 Å². The molecular weight excluding hydrogens is 380 g/mol. The highest BCUT2D eigenvalue weighted by molar-refractivity contribution is 5.83. The molecule has 0 aliphatic carbocycles. The van der Waals surface area contributed by atoms with E-state index in [1.54, 1.807) is 0 Å². The van der Waals surface area contributed by atoms with Crippen LogP contribution in [0.2, 0.25) is 0 Å². The highest BCUT2D eigenvalue weighted by Crippen LogP contribution is 2.30. The second-order valence-corrected chi connectivity index (χ2v) is 8.68. The summed E-state index contributed by atoms with van der Waals surface area (Å²) in [7, 11) is 0. The standard InChI is InChI=1S/C27H32N4/c1-2-28-16-13-27-29-25-9-5-6-10-26(25)31(27)24-14-17-30(18-15-24)20-21-11-12-22-7-3-4-8-23(22)19-21/h3-12,19,24,28H,2,13-18,20H2,1H3. The Labute approximate surface area is 184 Å². The molecule has 31 heavy (non-hydrogen) atoms. The first-order valence-corrected chi connectivity index (χ1v) is 11.7. The van der Waals surface area contributed by atoms with E-state index in [9.17, 15) is 0 Å². The maximum atomic E-state index is 4.98. The van der Waals surface area contributed by atoms with Crippen LogP contribution in [0.3, 0.4) is 0 Å². The highest BCUT2D eigenvalue weighted by atomic mass is 15.2. The number of para-hydroxylation sites is 2. The molecule has 1 aromatic heterocycles. The molecule has 1 saturated heterocycles. The monoisotopic (exact) mass is 412 g/mol. The van der Waals surface area contributed by atoms with Crippen LogP contribution in [-0.2, 0) is 13.0 Å². The second-order valence-electron chi connectivity index (χ2n) is 8.68. The summed E-state index contributed by atoms with van der Waals surface area (Å²) in [4.78, 5) is 7.59. The van der Waals surface area contributed by atoms with Gasteiger partial charge < -0.3 is 9.88 Å². The Bertz CT molecular complexity index is 1150. The molecule has 0 unspecified atom stereocenters. The number of aromatic nitrogens is 2. The molecular formula is C27H32N4. The van der Waals surface area contributed by atoms with Crippen LogP contribution in [0.25, 0.3) is 21.8 Å². The van der Waals surface area contributed by atoms with Gasteiger partial charge in [0.15, 0.2) is 0 Å². The third kappa shape index (κ3) is 4.36. The van der Waals surface area contributed by atoms with Crippen LogP contribution in [0, 0.1) is 0 Å². The van der Waals surface area contributed by atoms with Gasteiger partial charge in [0.2, 0.25) is 0 Å². The number of nitrogens with one attached hydrogen (secondary N) is 1. The van der Waals surface area contributed by atoms with Crippen molar-refractivity contribution in [1.82, 2.24) is 19.8 Å². The van der Waals surface area contributed by atoms with E-state index in [1.807, 2.05) is 0 Å². The summed E-state index contributed by atoms with van der Waals surface area (Å²) in [5.41, 5.74) is 3.84. The van der Waals surface area contributed by atoms with Gasteiger partial charge in [0, 0.05) is 38.6 Å². The SMILES string of the molecule is CCNCCc1nc2ccccc2n1C1CCN(Cc2ccc3ccccc3c2)CC1. The number of nitrogens with zero attached hydrogens (tertiary/aromatic N) is 3. The second kappa shape index (κ2) is 9.21. The molecule has 160 valence electrons. The fourth-order valence-electron chi connectivity index (χ4n) is 4.99. The molecule has 1 aliphatic heterocycles. The molecule has 5 rings (SSSR count). The van der Waals surface area contributed by atoms with E-state index in [4.69, 9.17) is 4.98 Å². The smallest absolute Gasteiger partial charge is 0.111 e. The van der Waals surface area contributed by atoms with Gasteiger partial charge in [-0.15, -0.1) is 0 Å². The predicted octanol–water partition coefficient (Wildman–Crippen LogP) is 5.18. The van der Waals surface area contributed by atoms with Gasteiger partial charge in [0.05, 0.1) is 11.0 Å². The summed E-state index contributed by atoms with van der Waals surface area (Å²) >= 11 is 0. The Morgan fingerprint density at radius 1 is 0.935 bits per heavy atom. The summed E-state index contributed by atoms with van der Waals surface area (Å²) in [5.74, 6) is 1.23. The van der Waals surface area contributed by atoms with Crippen LogP contribution < -0.4 is 5.32 Å². The molecule has 4 aromatic rings. The lowest BCUT2D eigenvalue weighted by Gasteiger charge is -2.33. The molecule has 1 aliphatic rings. The van der Waals surface area contributed by atoms with Crippen molar-refractivity contribution < 1.29 is 0 Å². The molecule has 0 radical (unpaired) electrons. The lowest BCUT2D eigenvalue weighted by Crippen LogP contribution is -2.34. The summed E-state index contributed by atoms with van der Waals surface area (Å²) in [5, 5.41) is 6.12. The lowest BCUT2D eigenvalue weighted by atomic mass is 10.0. The lowest BCUT2D eigenvalue weighted by molar-refractivity contribution is 0.180. The summed E-state index contributed by atoms with van der Waals surface area (Å²) in [6, 6.07) is 24.7. The predicted molar refractivity (Wildman–Crippen MR) is 129 cm³/mol. The van der Waals surface area contributed by atoms with Gasteiger partial charge in [-0.2, -0.15) is 0 Å². The van der Waals surface area contributed by atoms with Crippen molar-refractivity contribution in [3.05, 3.63) is 78.1 Å². The molecule has 0 saturated carbocycles. The quantitative estimate of drug-likeness (QED) is 0.425.